The Morgan fingerprint density at radius 3 is 2.14 bits per heavy atom. The minimum Gasteiger partial charge on any atom is -0.276 e. The van der Waals surface area contributed by atoms with Crippen LogP contribution in [0, 0.1) is 6.92 Å². The van der Waals surface area contributed by atoms with E-state index in [2.05, 4.69) is 42.5 Å². The van der Waals surface area contributed by atoms with Crippen LogP contribution in [0.15, 0.2) is 95.8 Å². The molecule has 2 heteroatoms. The summed E-state index contributed by atoms with van der Waals surface area (Å²) < 4.78 is 1.86. The smallest absolute Gasteiger partial charge is 0.263 e. The Bertz CT molecular complexity index is 1420. The molecule has 2 nitrogen and oxygen atoms in total. The number of aryl methyl sites for hydroxylation is 1. The van der Waals surface area contributed by atoms with Crippen molar-refractivity contribution in [1.29, 1.82) is 0 Å². The predicted octanol–water partition coefficient (Wildman–Crippen LogP) is 5.00. The van der Waals surface area contributed by atoms with Crippen LogP contribution in [-0.2, 0) is 0 Å². The molecule has 5 rings (SSSR count). The van der Waals surface area contributed by atoms with E-state index in [1.54, 1.807) is 0 Å². The van der Waals surface area contributed by atoms with Gasteiger partial charge in [-0.25, -0.2) is 0 Å². The minimum atomic E-state index is 0.0146. The van der Waals surface area contributed by atoms with E-state index in [4.69, 9.17) is 0 Å². The average molecular weight is 361 g/mol. The average Bonchev–Trinajstić information content (AvgIpc) is 2.73. The monoisotopic (exact) mass is 361 g/mol. The summed E-state index contributed by atoms with van der Waals surface area (Å²) in [6.07, 6.45) is 2.11. The van der Waals surface area contributed by atoms with Crippen molar-refractivity contribution in [2.75, 3.05) is 0 Å². The molecule has 1 heterocycles. The maximum atomic E-state index is 13.6. The first kappa shape index (κ1) is 16.5. The van der Waals surface area contributed by atoms with Crippen LogP contribution in [0.2, 0.25) is 0 Å². The molecule has 0 amide bonds. The Balaban J connectivity index is 2.06. The molecule has 134 valence electrons. The lowest BCUT2D eigenvalue weighted by Gasteiger charge is -2.15. The van der Waals surface area contributed by atoms with Crippen LogP contribution in [-0.4, -0.2) is 4.57 Å². The third-order valence-electron chi connectivity index (χ3n) is 5.31. The van der Waals surface area contributed by atoms with Crippen LogP contribution >= 0.6 is 0 Å². The van der Waals surface area contributed by atoms with Crippen LogP contribution < -0.4 is 10.9 Å². The molecule has 0 N–H and O–H groups in total. The van der Waals surface area contributed by atoms with E-state index in [0.29, 0.717) is 0 Å². The Morgan fingerprint density at radius 1 is 0.714 bits per heavy atom. The van der Waals surface area contributed by atoms with Gasteiger partial charge in [-0.2, -0.15) is 0 Å². The van der Waals surface area contributed by atoms with Gasteiger partial charge in [0.15, 0.2) is 0 Å². The first-order chi connectivity index (χ1) is 13.7. The van der Waals surface area contributed by atoms with Gasteiger partial charge in [0.05, 0.1) is 11.0 Å². The maximum Gasteiger partial charge on any atom is 0.263 e. The molecule has 0 aliphatic heterocycles. The highest BCUT2D eigenvalue weighted by molar-refractivity contribution is 6.09. The Morgan fingerprint density at radius 2 is 1.39 bits per heavy atom. The predicted molar refractivity (Wildman–Crippen MR) is 117 cm³/mol. The van der Waals surface area contributed by atoms with Gasteiger partial charge >= 0.3 is 0 Å². The van der Waals surface area contributed by atoms with E-state index in [-0.39, 0.29) is 5.56 Å². The van der Waals surface area contributed by atoms with Gasteiger partial charge in [-0.15, -0.1) is 0 Å². The summed E-state index contributed by atoms with van der Waals surface area (Å²) in [7, 11) is 0. The SMILES string of the molecule is Cc1ccccc1-n1c(=O)c2cccc3cccc(/c1=C/c1ccccc1)c32. The standard InChI is InChI=1S/C26H19NO/c1-18-9-5-6-16-23(18)27-24(17-19-10-3-2-4-11-19)21-14-7-12-20-13-8-15-22(25(20)21)26(27)28/h2-17H,1H3/b24-17-. The molecule has 0 spiro atoms. The number of hydrogen-bond donors (Lipinski definition) is 0. The van der Waals surface area contributed by atoms with Crippen molar-refractivity contribution in [3.63, 3.8) is 0 Å². The van der Waals surface area contributed by atoms with Crippen molar-refractivity contribution < 1.29 is 0 Å². The van der Waals surface area contributed by atoms with Crippen molar-refractivity contribution >= 4 is 27.6 Å². The summed E-state index contributed by atoms with van der Waals surface area (Å²) in [6, 6.07) is 30.4. The van der Waals surface area contributed by atoms with Crippen LogP contribution in [0.3, 0.4) is 0 Å². The fraction of sp³-hybridized carbons (Fsp3) is 0.0385. The third kappa shape index (κ3) is 2.54. The van der Waals surface area contributed by atoms with E-state index >= 15 is 0 Å². The van der Waals surface area contributed by atoms with Gasteiger partial charge in [0.2, 0.25) is 0 Å². The zero-order valence-electron chi connectivity index (χ0n) is 15.6. The second-order valence-electron chi connectivity index (χ2n) is 7.08. The molecule has 28 heavy (non-hydrogen) atoms. The molecule has 0 unspecified atom stereocenters. The van der Waals surface area contributed by atoms with Crippen molar-refractivity contribution in [2.24, 2.45) is 0 Å². The summed E-state index contributed by atoms with van der Waals surface area (Å²) in [5.74, 6) is 0. The molecule has 5 aromatic rings. The van der Waals surface area contributed by atoms with Crippen molar-refractivity contribution in [2.45, 2.75) is 6.92 Å². The molecule has 4 aromatic carbocycles. The second-order valence-corrected chi connectivity index (χ2v) is 7.08. The van der Waals surface area contributed by atoms with Crippen LogP contribution in [0.1, 0.15) is 11.1 Å². The fourth-order valence-corrected chi connectivity index (χ4v) is 3.99. The first-order valence-electron chi connectivity index (χ1n) is 9.43. The van der Waals surface area contributed by atoms with Crippen LogP contribution in [0.25, 0.3) is 33.3 Å². The van der Waals surface area contributed by atoms with Gasteiger partial charge in [0, 0.05) is 16.2 Å². The zero-order chi connectivity index (χ0) is 19.1. The highest BCUT2D eigenvalue weighted by Crippen LogP contribution is 2.23. The van der Waals surface area contributed by atoms with Gasteiger partial charge in [0.25, 0.3) is 5.56 Å². The number of aromatic nitrogens is 1. The van der Waals surface area contributed by atoms with E-state index < -0.39 is 0 Å². The Hall–Kier alpha value is -3.65. The lowest BCUT2D eigenvalue weighted by molar-refractivity contribution is 0.964. The highest BCUT2D eigenvalue weighted by Gasteiger charge is 2.13. The molecular weight excluding hydrogens is 342 g/mol. The van der Waals surface area contributed by atoms with Crippen LogP contribution in [0.5, 0.6) is 0 Å². The van der Waals surface area contributed by atoms with Crippen LogP contribution in [0.4, 0.5) is 0 Å². The highest BCUT2D eigenvalue weighted by atomic mass is 16.1. The largest absolute Gasteiger partial charge is 0.276 e. The fourth-order valence-electron chi connectivity index (χ4n) is 3.99. The van der Waals surface area contributed by atoms with Gasteiger partial charge in [-0.05, 0) is 41.6 Å². The topological polar surface area (TPSA) is 22.0 Å². The van der Waals surface area contributed by atoms with Gasteiger partial charge < -0.3 is 0 Å². The van der Waals surface area contributed by atoms with Gasteiger partial charge in [-0.1, -0.05) is 78.9 Å². The van der Waals surface area contributed by atoms with Gasteiger partial charge in [0.1, 0.15) is 0 Å². The number of nitrogens with zero attached hydrogens (tertiary/aromatic N) is 1. The molecule has 0 saturated carbocycles. The lowest BCUT2D eigenvalue weighted by Crippen LogP contribution is -2.33. The summed E-state index contributed by atoms with van der Waals surface area (Å²) in [5, 5.41) is 4.87. The number of para-hydroxylation sites is 1. The molecule has 0 fully saturated rings. The van der Waals surface area contributed by atoms with Crippen molar-refractivity contribution in [3.8, 4) is 5.69 Å². The summed E-state index contributed by atoms with van der Waals surface area (Å²) in [4.78, 5) is 13.6. The normalized spacial score (nSPS) is 12.1. The molecular formula is C26H19NO. The Kier molecular flexibility index (Phi) is 3.84. The molecule has 0 atom stereocenters. The minimum absolute atomic E-state index is 0.0146. The second kappa shape index (κ2) is 6.50. The molecule has 0 aliphatic carbocycles. The van der Waals surface area contributed by atoms with E-state index in [1.807, 2.05) is 66.1 Å². The summed E-state index contributed by atoms with van der Waals surface area (Å²) in [6.45, 7) is 2.05. The Labute approximate surface area is 163 Å². The number of pyridine rings is 1. The van der Waals surface area contributed by atoms with Crippen molar-refractivity contribution in [3.05, 3.63) is 118 Å². The molecule has 0 aliphatic rings. The van der Waals surface area contributed by atoms with E-state index in [0.717, 1.165) is 43.7 Å². The number of hydrogen-bond acceptors (Lipinski definition) is 1. The number of benzene rings is 4. The molecule has 0 saturated heterocycles. The lowest BCUT2D eigenvalue weighted by atomic mass is 10.0. The van der Waals surface area contributed by atoms with E-state index in [1.165, 1.54) is 0 Å². The zero-order valence-corrected chi connectivity index (χ0v) is 15.6. The third-order valence-corrected chi connectivity index (χ3v) is 5.31. The summed E-state index contributed by atoms with van der Waals surface area (Å²) in [5.41, 5.74) is 3.07. The van der Waals surface area contributed by atoms with Crippen molar-refractivity contribution in [1.82, 2.24) is 4.57 Å². The first-order valence-corrected chi connectivity index (χ1v) is 9.43. The molecule has 0 bridgehead atoms. The maximum absolute atomic E-state index is 13.6. The van der Waals surface area contributed by atoms with Gasteiger partial charge in [-0.3, -0.25) is 9.36 Å². The molecule has 0 radical (unpaired) electrons. The van der Waals surface area contributed by atoms with E-state index in [9.17, 15) is 4.79 Å². The quantitative estimate of drug-likeness (QED) is 0.434. The molecule has 1 aromatic heterocycles. The number of rotatable bonds is 2. The summed E-state index contributed by atoms with van der Waals surface area (Å²) >= 11 is 0.